The molecule has 1 aliphatic carbocycles. The van der Waals surface area contributed by atoms with E-state index in [0.717, 1.165) is 0 Å². The first-order valence-electron chi connectivity index (χ1n) is 8.44. The Hall–Kier alpha value is -3.23. The van der Waals surface area contributed by atoms with Gasteiger partial charge in [-0.1, -0.05) is 0 Å². The van der Waals surface area contributed by atoms with Crippen molar-refractivity contribution in [3.05, 3.63) is 0 Å². The quantitative estimate of drug-likeness (QED) is 0.141. The summed E-state index contributed by atoms with van der Waals surface area (Å²) >= 11 is 0. The zero-order chi connectivity index (χ0) is 23.7. The van der Waals surface area contributed by atoms with E-state index in [0.29, 0.717) is 0 Å². The minimum atomic E-state index is -2.84. The van der Waals surface area contributed by atoms with Gasteiger partial charge in [-0.25, -0.2) is 9.59 Å². The van der Waals surface area contributed by atoms with Gasteiger partial charge in [0.1, 0.15) is 5.54 Å². The maximum absolute atomic E-state index is 12.6. The lowest BCUT2D eigenvalue weighted by atomic mass is 9.82. The van der Waals surface area contributed by atoms with Crippen molar-refractivity contribution in [3.63, 3.8) is 0 Å². The number of ketones is 3. The van der Waals surface area contributed by atoms with Crippen molar-refractivity contribution in [2.24, 2.45) is 23.1 Å². The van der Waals surface area contributed by atoms with Crippen molar-refractivity contribution in [1.29, 1.82) is 0 Å². The number of carbonyl (C=O) groups excluding carboxylic acids is 3. The average Bonchev–Trinajstić information content (AvgIpc) is 3.16. The summed E-state index contributed by atoms with van der Waals surface area (Å²) in [6, 6.07) is 0. The monoisotopic (exact) mass is 431 g/mol. The number of hydrogen-bond donors (Lipinski definition) is 7. The van der Waals surface area contributed by atoms with Crippen LogP contribution < -0.4 is 17.2 Å². The SMILES string of the molecule is NC(CCC(=O)O)(C(=O)O)C(=O)CC1C(=O)C1(N)C(=O)C(N)(CCC(=O)O)C(=O)O. The molecule has 1 rings (SSSR count). The number of nitrogens with two attached hydrogens (primary N) is 3. The van der Waals surface area contributed by atoms with Crippen molar-refractivity contribution < 1.29 is 54.0 Å². The van der Waals surface area contributed by atoms with E-state index in [4.69, 9.17) is 27.4 Å². The van der Waals surface area contributed by atoms with Crippen LogP contribution >= 0.6 is 0 Å². The van der Waals surface area contributed by atoms with Crippen LogP contribution in [-0.2, 0) is 33.6 Å². The first kappa shape index (κ1) is 24.8. The molecule has 4 unspecified atom stereocenters. The second kappa shape index (κ2) is 8.25. The third kappa shape index (κ3) is 4.34. The lowest BCUT2D eigenvalue weighted by Crippen LogP contribution is -2.62. The van der Waals surface area contributed by atoms with E-state index >= 15 is 0 Å². The molecule has 0 aromatic heterocycles. The van der Waals surface area contributed by atoms with Gasteiger partial charge in [0.05, 0.1) is 5.92 Å². The van der Waals surface area contributed by atoms with E-state index in [2.05, 4.69) is 0 Å². The second-order valence-electron chi connectivity index (χ2n) is 7.08. The Bertz CT molecular complexity index is 840. The molecule has 0 radical (unpaired) electrons. The molecule has 1 saturated carbocycles. The van der Waals surface area contributed by atoms with Crippen molar-refractivity contribution in [1.82, 2.24) is 0 Å². The van der Waals surface area contributed by atoms with Gasteiger partial charge in [-0.15, -0.1) is 0 Å². The molecule has 30 heavy (non-hydrogen) atoms. The predicted molar refractivity (Wildman–Crippen MR) is 92.9 cm³/mol. The lowest BCUT2D eigenvalue weighted by Gasteiger charge is -2.26. The molecule has 4 atom stereocenters. The Kier molecular flexibility index (Phi) is 6.82. The first-order valence-corrected chi connectivity index (χ1v) is 8.44. The van der Waals surface area contributed by atoms with Gasteiger partial charge in [0.25, 0.3) is 0 Å². The molecule has 0 amide bonds. The van der Waals surface area contributed by atoms with Crippen LogP contribution in [0.4, 0.5) is 0 Å². The Balaban J connectivity index is 3.10. The van der Waals surface area contributed by atoms with Gasteiger partial charge in [0.15, 0.2) is 28.4 Å². The van der Waals surface area contributed by atoms with Crippen LogP contribution in [0.1, 0.15) is 32.1 Å². The molecule has 166 valence electrons. The summed E-state index contributed by atoms with van der Waals surface area (Å²) in [4.78, 5) is 81.3. The van der Waals surface area contributed by atoms with E-state index in [1.54, 1.807) is 0 Å². The summed E-state index contributed by atoms with van der Waals surface area (Å²) in [5, 5.41) is 35.8. The molecule has 0 saturated heterocycles. The number of aliphatic carboxylic acids is 4. The number of Topliss-reactive ketones (excluding diaryl/α,β-unsaturated/α-hetero) is 3. The number of carboxylic acids is 4. The van der Waals surface area contributed by atoms with Gasteiger partial charge in [0.2, 0.25) is 0 Å². The number of carboxylic acid groups (broad SMARTS) is 4. The van der Waals surface area contributed by atoms with Gasteiger partial charge in [-0.2, -0.15) is 0 Å². The van der Waals surface area contributed by atoms with Crippen molar-refractivity contribution in [2.45, 2.75) is 48.7 Å². The van der Waals surface area contributed by atoms with Crippen LogP contribution in [-0.4, -0.2) is 78.3 Å². The van der Waals surface area contributed by atoms with Crippen molar-refractivity contribution >= 4 is 41.2 Å². The summed E-state index contributed by atoms with van der Waals surface area (Å²) < 4.78 is 0. The largest absolute Gasteiger partial charge is 0.481 e. The van der Waals surface area contributed by atoms with E-state index in [1.165, 1.54) is 0 Å². The van der Waals surface area contributed by atoms with Gasteiger partial charge >= 0.3 is 23.9 Å². The Labute approximate surface area is 168 Å². The van der Waals surface area contributed by atoms with Crippen molar-refractivity contribution in [3.8, 4) is 0 Å². The second-order valence-corrected chi connectivity index (χ2v) is 7.08. The molecule has 0 heterocycles. The molecule has 0 bridgehead atoms. The maximum Gasteiger partial charge on any atom is 0.331 e. The molecule has 14 heteroatoms. The van der Waals surface area contributed by atoms with E-state index in [1.807, 2.05) is 0 Å². The predicted octanol–water partition coefficient (Wildman–Crippen LogP) is -3.30. The highest BCUT2D eigenvalue weighted by molar-refractivity contribution is 6.33. The highest BCUT2D eigenvalue weighted by Gasteiger charge is 2.72. The summed E-state index contributed by atoms with van der Waals surface area (Å²) in [6.45, 7) is 0. The highest BCUT2D eigenvalue weighted by Crippen LogP contribution is 2.43. The van der Waals surface area contributed by atoms with Crippen LogP contribution in [0.3, 0.4) is 0 Å². The van der Waals surface area contributed by atoms with Crippen LogP contribution in [0.15, 0.2) is 0 Å². The molecule has 0 aromatic carbocycles. The normalized spacial score (nSPS) is 24.2. The van der Waals surface area contributed by atoms with Crippen LogP contribution in [0.25, 0.3) is 0 Å². The standard InChI is InChI=1S/C16H21N3O11/c17-14(12(27)28,3-1-8(21)22)7(20)5-6-10(25)16(6,19)11(26)15(18,13(29)30)4-2-9(23)24/h6H,1-5,17-19H2,(H,21,22)(H,23,24)(H,27,28)(H,29,30). The third-order valence-corrected chi connectivity index (χ3v) is 5.09. The smallest absolute Gasteiger partial charge is 0.331 e. The fraction of sp³-hybridized carbons (Fsp3) is 0.562. The van der Waals surface area contributed by atoms with Gasteiger partial charge in [-0.3, -0.25) is 24.0 Å². The zero-order valence-electron chi connectivity index (χ0n) is 15.5. The first-order chi connectivity index (χ1) is 13.5. The number of hydrogen-bond acceptors (Lipinski definition) is 10. The summed E-state index contributed by atoms with van der Waals surface area (Å²) in [6.07, 6.45) is -4.28. The molecule has 10 N–H and O–H groups in total. The van der Waals surface area contributed by atoms with Gasteiger partial charge in [-0.05, 0) is 12.8 Å². The fourth-order valence-corrected chi connectivity index (χ4v) is 2.93. The maximum atomic E-state index is 12.6. The Morgan fingerprint density at radius 1 is 0.833 bits per heavy atom. The zero-order valence-corrected chi connectivity index (χ0v) is 15.5. The lowest BCUT2D eigenvalue weighted by molar-refractivity contribution is -0.151. The van der Waals surface area contributed by atoms with Gasteiger partial charge in [0, 0.05) is 19.3 Å². The number of carbonyl (C=O) groups is 7. The van der Waals surface area contributed by atoms with E-state index in [-0.39, 0.29) is 0 Å². The molecule has 14 nitrogen and oxygen atoms in total. The molecular weight excluding hydrogens is 410 g/mol. The minimum absolute atomic E-state index is 0.778. The van der Waals surface area contributed by atoms with Gasteiger partial charge < -0.3 is 37.6 Å². The molecular formula is C16H21N3O11. The van der Waals surface area contributed by atoms with Crippen LogP contribution in [0.2, 0.25) is 0 Å². The minimum Gasteiger partial charge on any atom is -0.481 e. The van der Waals surface area contributed by atoms with Crippen LogP contribution in [0, 0.1) is 5.92 Å². The average molecular weight is 431 g/mol. The van der Waals surface area contributed by atoms with E-state index < -0.39 is 95.9 Å². The molecule has 0 aromatic rings. The van der Waals surface area contributed by atoms with E-state index in [9.17, 15) is 43.8 Å². The molecule has 0 aliphatic heterocycles. The molecule has 1 aliphatic rings. The summed E-state index contributed by atoms with van der Waals surface area (Å²) in [5.74, 6) is -12.3. The topological polar surface area (TPSA) is 278 Å². The highest BCUT2D eigenvalue weighted by atomic mass is 16.4. The third-order valence-electron chi connectivity index (χ3n) is 5.09. The van der Waals surface area contributed by atoms with Crippen molar-refractivity contribution in [2.75, 3.05) is 0 Å². The number of rotatable bonds is 13. The Morgan fingerprint density at radius 3 is 1.60 bits per heavy atom. The summed E-state index contributed by atoms with van der Waals surface area (Å²) in [5.41, 5.74) is 8.63. The Morgan fingerprint density at radius 2 is 1.23 bits per heavy atom. The summed E-state index contributed by atoms with van der Waals surface area (Å²) in [7, 11) is 0. The fourth-order valence-electron chi connectivity index (χ4n) is 2.93. The molecule has 0 spiro atoms. The van der Waals surface area contributed by atoms with Crippen LogP contribution in [0.5, 0.6) is 0 Å². The molecule has 1 fully saturated rings.